The van der Waals surface area contributed by atoms with Crippen LogP contribution in [-0.4, -0.2) is 63.7 Å². The highest BCUT2D eigenvalue weighted by molar-refractivity contribution is 5.73. The average molecular weight is 312 g/mol. The van der Waals surface area contributed by atoms with Gasteiger partial charge >= 0.3 is 5.97 Å². The smallest absolute Gasteiger partial charge is 0.335 e. The molecular weight excluding hydrogens is 292 g/mol. The van der Waals surface area contributed by atoms with Gasteiger partial charge in [0, 0.05) is 5.92 Å². The SMILES string of the molecule is C[C@@H](CO[C@@H]1O[C@H](C(=O)O)[C@@H](O)[C@H](O)[C@H]1O)c1ccccc1. The zero-order valence-electron chi connectivity index (χ0n) is 12.1. The second kappa shape index (κ2) is 7.17. The van der Waals surface area contributed by atoms with E-state index in [4.69, 9.17) is 14.6 Å². The molecule has 0 radical (unpaired) electrons. The van der Waals surface area contributed by atoms with Crippen LogP contribution in [0.25, 0.3) is 0 Å². The first-order chi connectivity index (χ1) is 10.4. The van der Waals surface area contributed by atoms with Crippen LogP contribution in [-0.2, 0) is 14.3 Å². The van der Waals surface area contributed by atoms with Crippen LogP contribution >= 0.6 is 0 Å². The van der Waals surface area contributed by atoms with E-state index in [2.05, 4.69) is 0 Å². The maximum absolute atomic E-state index is 11.0. The molecule has 0 aromatic heterocycles. The van der Waals surface area contributed by atoms with Crippen LogP contribution in [0.2, 0.25) is 0 Å². The Balaban J connectivity index is 1.98. The number of aliphatic hydroxyl groups excluding tert-OH is 3. The largest absolute Gasteiger partial charge is 0.479 e. The first kappa shape index (κ1) is 16.9. The molecule has 1 saturated heterocycles. The van der Waals surface area contributed by atoms with Gasteiger partial charge in [-0.1, -0.05) is 37.3 Å². The van der Waals surface area contributed by atoms with E-state index in [0.717, 1.165) is 5.56 Å². The molecule has 122 valence electrons. The van der Waals surface area contributed by atoms with E-state index >= 15 is 0 Å². The van der Waals surface area contributed by atoms with Gasteiger partial charge in [0.2, 0.25) is 0 Å². The number of carbonyl (C=O) groups is 1. The molecular formula is C15H20O7. The number of benzene rings is 1. The van der Waals surface area contributed by atoms with E-state index in [-0.39, 0.29) is 12.5 Å². The second-order valence-corrected chi connectivity index (χ2v) is 5.38. The maximum Gasteiger partial charge on any atom is 0.335 e. The van der Waals surface area contributed by atoms with Crippen molar-refractivity contribution in [2.75, 3.05) is 6.61 Å². The van der Waals surface area contributed by atoms with Crippen molar-refractivity contribution in [2.24, 2.45) is 0 Å². The van der Waals surface area contributed by atoms with Gasteiger partial charge in [-0.2, -0.15) is 0 Å². The van der Waals surface area contributed by atoms with Crippen LogP contribution in [0.1, 0.15) is 18.4 Å². The number of aliphatic carboxylic acids is 1. The minimum atomic E-state index is -1.71. The zero-order chi connectivity index (χ0) is 16.3. The molecule has 0 aliphatic carbocycles. The molecule has 1 aromatic carbocycles. The molecule has 0 bridgehead atoms. The van der Waals surface area contributed by atoms with Crippen LogP contribution in [0, 0.1) is 0 Å². The standard InChI is InChI=1S/C15H20O7/c1-8(9-5-3-2-4-6-9)7-21-15-12(18)10(16)11(17)13(22-15)14(19)20/h2-6,8,10-13,15-18H,7H2,1H3,(H,19,20)/t8-,10-,11-,12+,13-,15+/m0/s1. The molecule has 6 atom stereocenters. The van der Waals surface area contributed by atoms with Gasteiger partial charge in [-0.25, -0.2) is 4.79 Å². The Morgan fingerprint density at radius 3 is 2.41 bits per heavy atom. The average Bonchev–Trinajstić information content (AvgIpc) is 2.52. The van der Waals surface area contributed by atoms with Crippen LogP contribution in [0.15, 0.2) is 30.3 Å². The number of hydrogen-bond donors (Lipinski definition) is 4. The van der Waals surface area contributed by atoms with Crippen LogP contribution in [0.3, 0.4) is 0 Å². The van der Waals surface area contributed by atoms with Crippen molar-refractivity contribution in [1.82, 2.24) is 0 Å². The topological polar surface area (TPSA) is 116 Å². The van der Waals surface area contributed by atoms with Gasteiger partial charge in [0.25, 0.3) is 0 Å². The predicted octanol–water partition coefficient (Wildman–Crippen LogP) is -0.301. The monoisotopic (exact) mass is 312 g/mol. The molecule has 1 heterocycles. The summed E-state index contributed by atoms with van der Waals surface area (Å²) >= 11 is 0. The van der Waals surface area contributed by atoms with Crippen molar-refractivity contribution in [3.63, 3.8) is 0 Å². The molecule has 1 aromatic rings. The van der Waals surface area contributed by atoms with Crippen molar-refractivity contribution < 1.29 is 34.7 Å². The van der Waals surface area contributed by atoms with Gasteiger partial charge in [0.15, 0.2) is 12.4 Å². The molecule has 2 rings (SSSR count). The van der Waals surface area contributed by atoms with E-state index in [0.29, 0.717) is 0 Å². The van der Waals surface area contributed by atoms with Crippen LogP contribution < -0.4 is 0 Å². The molecule has 1 aliphatic heterocycles. The summed E-state index contributed by atoms with van der Waals surface area (Å²) in [6.07, 6.45) is -7.83. The Morgan fingerprint density at radius 2 is 1.82 bits per heavy atom. The Kier molecular flexibility index (Phi) is 5.49. The first-order valence-electron chi connectivity index (χ1n) is 7.01. The third-order valence-electron chi connectivity index (χ3n) is 3.69. The van der Waals surface area contributed by atoms with Crippen LogP contribution in [0.5, 0.6) is 0 Å². The quantitative estimate of drug-likeness (QED) is 0.590. The fraction of sp³-hybridized carbons (Fsp3) is 0.533. The Hall–Kier alpha value is -1.51. The molecule has 7 nitrogen and oxygen atoms in total. The number of ether oxygens (including phenoxy) is 2. The molecule has 0 spiro atoms. The molecule has 0 amide bonds. The molecule has 0 saturated carbocycles. The Labute approximate surface area is 127 Å². The van der Waals surface area contributed by atoms with Gasteiger partial charge in [0.1, 0.15) is 18.3 Å². The highest BCUT2D eigenvalue weighted by atomic mass is 16.7. The molecule has 7 heteroatoms. The lowest BCUT2D eigenvalue weighted by molar-refractivity contribution is -0.294. The summed E-state index contributed by atoms with van der Waals surface area (Å²) in [6.45, 7) is 2.07. The molecule has 1 fully saturated rings. The number of rotatable bonds is 5. The number of carboxylic acid groups (broad SMARTS) is 1. The summed E-state index contributed by atoms with van der Waals surface area (Å²) in [5.41, 5.74) is 1.02. The van der Waals surface area contributed by atoms with Crippen molar-refractivity contribution in [3.8, 4) is 0 Å². The Bertz CT molecular complexity index is 492. The van der Waals surface area contributed by atoms with Gasteiger partial charge in [-0.05, 0) is 5.56 Å². The molecule has 4 N–H and O–H groups in total. The molecule has 22 heavy (non-hydrogen) atoms. The Morgan fingerprint density at radius 1 is 1.18 bits per heavy atom. The van der Waals surface area contributed by atoms with Crippen molar-refractivity contribution in [1.29, 1.82) is 0 Å². The summed E-state index contributed by atoms with van der Waals surface area (Å²) in [5.74, 6) is -1.44. The van der Waals surface area contributed by atoms with Gasteiger partial charge in [-0.15, -0.1) is 0 Å². The fourth-order valence-electron chi connectivity index (χ4n) is 2.31. The van der Waals surface area contributed by atoms with Crippen molar-refractivity contribution in [3.05, 3.63) is 35.9 Å². The molecule has 0 unspecified atom stereocenters. The number of aliphatic hydroxyl groups is 3. The summed E-state index contributed by atoms with van der Waals surface area (Å²) in [6, 6.07) is 9.51. The summed E-state index contributed by atoms with van der Waals surface area (Å²) in [7, 11) is 0. The fourth-order valence-corrected chi connectivity index (χ4v) is 2.31. The number of carboxylic acids is 1. The van der Waals surface area contributed by atoms with E-state index in [1.54, 1.807) is 0 Å². The molecule has 1 aliphatic rings. The lowest BCUT2D eigenvalue weighted by Gasteiger charge is -2.38. The number of hydrogen-bond acceptors (Lipinski definition) is 6. The third kappa shape index (κ3) is 3.63. The minimum absolute atomic E-state index is 0.00993. The van der Waals surface area contributed by atoms with Crippen molar-refractivity contribution >= 4 is 5.97 Å². The minimum Gasteiger partial charge on any atom is -0.479 e. The normalized spacial score (nSPS) is 33.4. The summed E-state index contributed by atoms with van der Waals surface area (Å²) in [4.78, 5) is 11.0. The van der Waals surface area contributed by atoms with E-state index in [1.807, 2.05) is 37.3 Å². The highest BCUT2D eigenvalue weighted by Gasteiger charge is 2.47. The highest BCUT2D eigenvalue weighted by Crippen LogP contribution is 2.24. The van der Waals surface area contributed by atoms with Crippen molar-refractivity contribution in [2.45, 2.75) is 43.5 Å². The maximum atomic E-state index is 11.0. The zero-order valence-corrected chi connectivity index (χ0v) is 12.1. The summed E-state index contributed by atoms with van der Waals surface area (Å²) in [5, 5.41) is 38.1. The summed E-state index contributed by atoms with van der Waals surface area (Å²) < 4.78 is 10.5. The van der Waals surface area contributed by atoms with Crippen LogP contribution in [0.4, 0.5) is 0 Å². The van der Waals surface area contributed by atoms with E-state index in [9.17, 15) is 20.1 Å². The first-order valence-corrected chi connectivity index (χ1v) is 7.01. The van der Waals surface area contributed by atoms with E-state index in [1.165, 1.54) is 0 Å². The van der Waals surface area contributed by atoms with Gasteiger partial charge < -0.3 is 29.9 Å². The predicted molar refractivity (Wildman–Crippen MR) is 75.1 cm³/mol. The lowest BCUT2D eigenvalue weighted by Crippen LogP contribution is -2.60. The van der Waals surface area contributed by atoms with Gasteiger partial charge in [0.05, 0.1) is 6.61 Å². The van der Waals surface area contributed by atoms with E-state index < -0.39 is 36.7 Å². The lowest BCUT2D eigenvalue weighted by atomic mass is 9.98. The third-order valence-corrected chi connectivity index (χ3v) is 3.69. The second-order valence-electron chi connectivity index (χ2n) is 5.38. The van der Waals surface area contributed by atoms with Gasteiger partial charge in [-0.3, -0.25) is 0 Å².